The summed E-state index contributed by atoms with van der Waals surface area (Å²) >= 11 is 1.70. The molecule has 16 heavy (non-hydrogen) atoms. The van der Waals surface area contributed by atoms with Crippen LogP contribution in [-0.4, -0.2) is 69.2 Å². The van der Waals surface area contributed by atoms with Crippen molar-refractivity contribution < 1.29 is 27.6 Å². The molecule has 0 aromatic heterocycles. The van der Waals surface area contributed by atoms with Gasteiger partial charge in [-0.1, -0.05) is 4.94 Å². The molecule has 8 nitrogen and oxygen atoms in total. The Kier molecular flexibility index (Phi) is 6.53. The first-order chi connectivity index (χ1) is 7.08. The fourth-order valence-corrected chi connectivity index (χ4v) is 1.26. The summed E-state index contributed by atoms with van der Waals surface area (Å²) < 4.78 is 4.81. The zero-order chi connectivity index (χ0) is 13.0. The van der Waals surface area contributed by atoms with E-state index in [1.807, 2.05) is 0 Å². The molecule has 0 saturated carbocycles. The van der Waals surface area contributed by atoms with Gasteiger partial charge in [0.15, 0.2) is 0 Å². The molecule has 0 aliphatic rings. The summed E-state index contributed by atoms with van der Waals surface area (Å²) in [6.45, 7) is 0. The molecule has 0 aliphatic carbocycles. The highest BCUT2D eigenvalue weighted by Gasteiger charge is 2.37. The molecule has 9 heteroatoms. The number of hydroxylamine groups is 12. The van der Waals surface area contributed by atoms with Crippen molar-refractivity contribution in [2.24, 2.45) is 0 Å². The highest BCUT2D eigenvalue weighted by atomic mass is 127. The molecule has 0 aromatic rings. The van der Waals surface area contributed by atoms with Crippen LogP contribution in [0.1, 0.15) is 0 Å². The largest absolute Gasteiger partial charge is 0.200 e. The molecule has 0 heterocycles. The van der Waals surface area contributed by atoms with Crippen molar-refractivity contribution in [1.29, 1.82) is 0 Å². The van der Waals surface area contributed by atoms with Gasteiger partial charge in [-0.25, -0.2) is 0 Å². The molecule has 0 spiro atoms. The van der Waals surface area contributed by atoms with Gasteiger partial charge in [-0.2, -0.15) is 3.17 Å². The van der Waals surface area contributed by atoms with E-state index in [9.17, 15) is 0 Å². The zero-order valence-corrected chi connectivity index (χ0v) is 13.0. The van der Waals surface area contributed by atoms with Crippen molar-refractivity contribution in [2.75, 3.05) is 49.3 Å². The van der Waals surface area contributed by atoms with Gasteiger partial charge in [-0.05, 0) is 4.94 Å². The van der Waals surface area contributed by atoms with Crippen LogP contribution in [0.25, 0.3) is 0 Å². The van der Waals surface area contributed by atoms with Gasteiger partial charge in [0.2, 0.25) is 0 Å². The van der Waals surface area contributed by atoms with Gasteiger partial charge in [-0.3, -0.25) is 0 Å². The molecule has 0 aliphatic heterocycles. The predicted molar refractivity (Wildman–Crippen MR) is 64.0 cm³/mol. The van der Waals surface area contributed by atoms with Gasteiger partial charge in [-0.15, -0.1) is 5.06 Å². The number of hydrogen-bond acceptors (Lipinski definition) is 6. The van der Waals surface area contributed by atoms with Crippen LogP contribution < -0.4 is 0 Å². The molecule has 0 aromatic carbocycles. The van der Waals surface area contributed by atoms with E-state index in [2.05, 4.69) is 0 Å². The van der Waals surface area contributed by atoms with E-state index >= 15 is 0 Å². The topological polar surface area (TPSA) is 43.4 Å². The average Bonchev–Trinajstić information content (AvgIpc) is 1.97. The van der Waals surface area contributed by atoms with Gasteiger partial charge in [0.05, 0.1) is 4.94 Å². The average molecular weight is 352 g/mol. The summed E-state index contributed by atoms with van der Waals surface area (Å²) in [5, 5.41) is 2.72. The quantitative estimate of drug-likeness (QED) is 0.377. The van der Waals surface area contributed by atoms with E-state index in [0.717, 1.165) is 0 Å². The van der Waals surface area contributed by atoms with Crippen molar-refractivity contribution in [3.63, 3.8) is 0 Å². The Bertz CT molecular complexity index is 215. The van der Waals surface area contributed by atoms with Gasteiger partial charge in [0.25, 0.3) is 0 Å². The van der Waals surface area contributed by atoms with E-state index in [1.165, 1.54) is 5.23 Å². The van der Waals surface area contributed by atoms with Crippen LogP contribution in [-0.2, 0) is 18.0 Å². The molecule has 0 N–H and O–H groups in total. The first-order valence-corrected chi connectivity index (χ1v) is 5.44. The van der Waals surface area contributed by atoms with Crippen molar-refractivity contribution in [3.8, 4) is 0 Å². The van der Waals surface area contributed by atoms with E-state index in [4.69, 9.17) is 18.0 Å². The third-order valence-electron chi connectivity index (χ3n) is 1.16. The van der Waals surface area contributed by atoms with Gasteiger partial charge < -0.3 is 0 Å². The zero-order valence-electron chi connectivity index (χ0n) is 10.8. The van der Waals surface area contributed by atoms with E-state index in [0.29, 0.717) is 0 Å². The smallest absolute Gasteiger partial charge is 0.140 e. The number of nitrogens with zero attached hydrogens (tertiary/aromatic N) is 4. The van der Waals surface area contributed by atoms with Crippen LogP contribution in [0.5, 0.6) is 0 Å². The van der Waals surface area contributed by atoms with Crippen LogP contribution in [0.15, 0.2) is 0 Å². The second kappa shape index (κ2) is 6.37. The number of halogens is 1. The Balaban J connectivity index is 4.32. The number of quaternary nitrogens is 2. The lowest BCUT2D eigenvalue weighted by Crippen LogP contribution is -2.56. The van der Waals surface area contributed by atoms with Gasteiger partial charge >= 0.3 is 0 Å². The standard InChI is InChI=1S/C7H21IN4O4/c1-9(2)14-11(4,5)16-12(6,7)15-10(3)13-8/h1-7H3/q+2. The van der Waals surface area contributed by atoms with E-state index in [-0.39, 0.29) is 9.62 Å². The van der Waals surface area contributed by atoms with Crippen LogP contribution in [0.2, 0.25) is 0 Å². The molecule has 0 bridgehead atoms. The lowest BCUT2D eigenvalue weighted by Gasteiger charge is -2.30. The molecule has 0 saturated heterocycles. The summed E-state index contributed by atoms with van der Waals surface area (Å²) in [5.41, 5.74) is 0. The van der Waals surface area contributed by atoms with Gasteiger partial charge in [0, 0.05) is 36.0 Å². The van der Waals surface area contributed by atoms with Gasteiger partial charge in [0.1, 0.15) is 51.2 Å². The molecular formula is C7H21IN4O4+2. The van der Waals surface area contributed by atoms with E-state index < -0.39 is 0 Å². The van der Waals surface area contributed by atoms with Crippen LogP contribution in [0, 0.1) is 0 Å². The summed E-state index contributed by atoms with van der Waals surface area (Å²) in [5.74, 6) is 0. The van der Waals surface area contributed by atoms with Crippen LogP contribution in [0.3, 0.4) is 0 Å². The maximum Gasteiger partial charge on any atom is 0.140 e. The third kappa shape index (κ3) is 7.65. The summed E-state index contributed by atoms with van der Waals surface area (Å²) in [6.07, 6.45) is 0. The number of rotatable bonds is 7. The minimum atomic E-state index is -0.222. The Morgan fingerprint density at radius 3 is 1.69 bits per heavy atom. The highest BCUT2D eigenvalue weighted by Crippen LogP contribution is 2.13. The first-order valence-electron chi connectivity index (χ1n) is 4.56. The third-order valence-corrected chi connectivity index (χ3v) is 1.72. The van der Waals surface area contributed by atoms with Crippen LogP contribution >= 0.6 is 23.0 Å². The maximum atomic E-state index is 5.57. The Morgan fingerprint density at radius 2 is 1.31 bits per heavy atom. The fraction of sp³-hybridized carbons (Fsp3) is 1.00. The molecular weight excluding hydrogens is 331 g/mol. The van der Waals surface area contributed by atoms with Crippen LogP contribution in [0.4, 0.5) is 0 Å². The SMILES string of the molecule is CN(C)O[N+](C)(C)O[N+](C)(C)ON(C)OI. The molecule has 0 amide bonds. The Morgan fingerprint density at radius 1 is 0.875 bits per heavy atom. The fourth-order valence-electron chi connectivity index (χ4n) is 1.19. The molecule has 0 rings (SSSR count). The predicted octanol–water partition coefficient (Wildman–Crippen LogP) is 0.454. The minimum Gasteiger partial charge on any atom is -0.200 e. The Labute approximate surface area is 110 Å². The molecule has 0 fully saturated rings. The molecule has 98 valence electrons. The molecule has 0 radical (unpaired) electrons. The lowest BCUT2D eigenvalue weighted by atomic mass is 11.1. The van der Waals surface area contributed by atoms with Crippen molar-refractivity contribution in [2.45, 2.75) is 0 Å². The number of hydrogen-bond donors (Lipinski definition) is 0. The van der Waals surface area contributed by atoms with E-state index in [1.54, 1.807) is 77.4 Å². The summed E-state index contributed by atoms with van der Waals surface area (Å²) in [7, 11) is 12.0. The monoisotopic (exact) mass is 352 g/mol. The van der Waals surface area contributed by atoms with Crippen molar-refractivity contribution in [1.82, 2.24) is 10.3 Å². The van der Waals surface area contributed by atoms with Crippen molar-refractivity contribution >= 4 is 23.0 Å². The molecule has 0 atom stereocenters. The summed E-state index contributed by atoms with van der Waals surface area (Å²) in [6, 6.07) is 0. The highest BCUT2D eigenvalue weighted by molar-refractivity contribution is 14.1. The lowest BCUT2D eigenvalue weighted by molar-refractivity contribution is -1.46. The minimum absolute atomic E-state index is 0.158. The van der Waals surface area contributed by atoms with Crippen molar-refractivity contribution in [3.05, 3.63) is 0 Å². The summed E-state index contributed by atoms with van der Waals surface area (Å²) in [4.78, 5) is 15.9. The normalized spacial score (nSPS) is 13.9. The first kappa shape index (κ1) is 16.4. The molecule has 0 unspecified atom stereocenters. The second-order valence-electron chi connectivity index (χ2n) is 4.07. The second-order valence-corrected chi connectivity index (χ2v) is 4.46. The maximum absolute atomic E-state index is 5.57. The Hall–Kier alpha value is 0.410.